The molecule has 0 atom stereocenters. The van der Waals surface area contributed by atoms with Crippen molar-refractivity contribution in [1.29, 1.82) is 0 Å². The van der Waals surface area contributed by atoms with Gasteiger partial charge in [-0.3, -0.25) is 0 Å². The van der Waals surface area contributed by atoms with Gasteiger partial charge in [0.1, 0.15) is 12.4 Å². The van der Waals surface area contributed by atoms with Crippen LogP contribution in [0.3, 0.4) is 0 Å². The van der Waals surface area contributed by atoms with E-state index >= 15 is 0 Å². The Bertz CT molecular complexity index is 529. The summed E-state index contributed by atoms with van der Waals surface area (Å²) >= 11 is 4.00. The molecule has 0 aliphatic carbocycles. The van der Waals surface area contributed by atoms with Crippen molar-refractivity contribution in [2.75, 3.05) is 0 Å². The third kappa shape index (κ3) is 2.97. The lowest BCUT2D eigenvalue weighted by Gasteiger charge is -2.08. The molecule has 0 saturated heterocycles. The minimum Gasteiger partial charge on any atom is -0.486 e. The molecule has 0 aliphatic heterocycles. The number of rotatable bonds is 3. The van der Waals surface area contributed by atoms with Crippen LogP contribution in [0.5, 0.6) is 5.75 Å². The number of ether oxygens (including phenoxy) is 1. The molecule has 0 bridgehead atoms. The summed E-state index contributed by atoms with van der Waals surface area (Å²) in [5.41, 5.74) is 0.391. The van der Waals surface area contributed by atoms with Gasteiger partial charge in [0.25, 0.3) is 0 Å². The van der Waals surface area contributed by atoms with Crippen molar-refractivity contribution < 1.29 is 13.5 Å². The van der Waals surface area contributed by atoms with Crippen molar-refractivity contribution in [1.82, 2.24) is 0 Å². The molecule has 0 radical (unpaired) electrons. The largest absolute Gasteiger partial charge is 0.486 e. The molecule has 0 fully saturated rings. The molecule has 2 rings (SSSR count). The Morgan fingerprint density at radius 2 is 1.76 bits per heavy atom. The van der Waals surface area contributed by atoms with Crippen LogP contribution >= 0.6 is 12.6 Å². The lowest BCUT2D eigenvalue weighted by atomic mass is 10.2. The van der Waals surface area contributed by atoms with E-state index in [1.165, 1.54) is 18.2 Å². The van der Waals surface area contributed by atoms with Gasteiger partial charge in [0.05, 0.1) is 0 Å². The minimum absolute atomic E-state index is 0.00445. The number of benzene rings is 2. The Morgan fingerprint density at radius 1 is 1.00 bits per heavy atom. The van der Waals surface area contributed by atoms with Crippen molar-refractivity contribution >= 4 is 12.6 Å². The molecular formula is C13H10F2OS. The predicted octanol–water partition coefficient (Wildman–Crippen LogP) is 3.83. The van der Waals surface area contributed by atoms with Crippen LogP contribution in [0.1, 0.15) is 5.56 Å². The minimum atomic E-state index is -0.506. The van der Waals surface area contributed by atoms with Crippen LogP contribution in [0.15, 0.2) is 47.4 Å². The number of halogens is 2. The van der Waals surface area contributed by atoms with Gasteiger partial charge in [0, 0.05) is 10.5 Å². The van der Waals surface area contributed by atoms with Crippen LogP contribution in [0, 0.1) is 11.6 Å². The Kier molecular flexibility index (Phi) is 3.64. The fourth-order valence-corrected chi connectivity index (χ4v) is 1.57. The van der Waals surface area contributed by atoms with E-state index in [4.69, 9.17) is 4.74 Å². The van der Waals surface area contributed by atoms with Crippen LogP contribution in [0.25, 0.3) is 0 Å². The summed E-state index contributed by atoms with van der Waals surface area (Å²) in [6, 6.07) is 10.6. The first-order chi connectivity index (χ1) is 8.16. The highest BCUT2D eigenvalue weighted by atomic mass is 32.1. The highest BCUT2D eigenvalue weighted by molar-refractivity contribution is 7.80. The van der Waals surface area contributed by atoms with Gasteiger partial charge in [0.2, 0.25) is 0 Å². The maximum absolute atomic E-state index is 13.4. The van der Waals surface area contributed by atoms with E-state index in [0.29, 0.717) is 10.5 Å². The van der Waals surface area contributed by atoms with Gasteiger partial charge in [0.15, 0.2) is 11.6 Å². The lowest BCUT2D eigenvalue weighted by molar-refractivity contribution is 0.284. The fraction of sp³-hybridized carbons (Fsp3) is 0.0769. The first-order valence-corrected chi connectivity index (χ1v) is 5.46. The third-order valence-corrected chi connectivity index (χ3v) is 2.53. The maximum Gasteiger partial charge on any atom is 0.166 e. The normalized spacial score (nSPS) is 10.3. The molecule has 0 aromatic heterocycles. The third-order valence-electron chi connectivity index (χ3n) is 2.26. The average molecular weight is 252 g/mol. The smallest absolute Gasteiger partial charge is 0.166 e. The zero-order valence-electron chi connectivity index (χ0n) is 8.86. The van der Waals surface area contributed by atoms with Gasteiger partial charge < -0.3 is 4.74 Å². The van der Waals surface area contributed by atoms with Crippen LogP contribution in [-0.4, -0.2) is 0 Å². The van der Waals surface area contributed by atoms with Gasteiger partial charge in [-0.2, -0.15) is 0 Å². The summed E-state index contributed by atoms with van der Waals surface area (Å²) in [6.45, 7) is -0.00445. The summed E-state index contributed by atoms with van der Waals surface area (Å²) < 4.78 is 31.9. The molecule has 17 heavy (non-hydrogen) atoms. The Hall–Kier alpha value is -1.55. The first kappa shape index (κ1) is 11.9. The molecule has 88 valence electrons. The fourth-order valence-electron chi connectivity index (χ4n) is 1.38. The Balaban J connectivity index is 2.10. The second kappa shape index (κ2) is 5.19. The zero-order chi connectivity index (χ0) is 12.3. The molecule has 0 unspecified atom stereocenters. The zero-order valence-corrected chi connectivity index (χ0v) is 9.75. The summed E-state index contributed by atoms with van der Waals surface area (Å²) in [5.74, 6) is -0.779. The average Bonchev–Trinajstić information content (AvgIpc) is 2.30. The molecule has 2 aromatic carbocycles. The molecule has 0 saturated carbocycles. The summed E-state index contributed by atoms with van der Waals surface area (Å²) in [6.07, 6.45) is 0. The molecule has 0 aliphatic rings. The first-order valence-electron chi connectivity index (χ1n) is 5.01. The standard InChI is InChI=1S/C13H10F2OS/c14-11-4-2-1-3-9(11)8-16-13-6-5-10(17)7-12(13)15/h1-7,17H,8H2. The van der Waals surface area contributed by atoms with Crippen molar-refractivity contribution in [2.24, 2.45) is 0 Å². The van der Waals surface area contributed by atoms with E-state index in [2.05, 4.69) is 12.6 Å². The quantitative estimate of drug-likeness (QED) is 0.817. The molecule has 0 spiro atoms. The number of hydrogen-bond acceptors (Lipinski definition) is 2. The van der Waals surface area contributed by atoms with Gasteiger partial charge in [-0.1, -0.05) is 18.2 Å². The van der Waals surface area contributed by atoms with Crippen LogP contribution in [0.2, 0.25) is 0 Å². The lowest BCUT2D eigenvalue weighted by Crippen LogP contribution is -1.99. The summed E-state index contributed by atoms with van der Waals surface area (Å²) in [7, 11) is 0. The van der Waals surface area contributed by atoms with Crippen molar-refractivity contribution in [3.05, 3.63) is 59.7 Å². The van der Waals surface area contributed by atoms with Crippen LogP contribution < -0.4 is 4.74 Å². The number of thiol groups is 1. The van der Waals surface area contributed by atoms with Gasteiger partial charge in [-0.15, -0.1) is 12.6 Å². The van der Waals surface area contributed by atoms with E-state index in [1.54, 1.807) is 24.3 Å². The van der Waals surface area contributed by atoms with Crippen molar-refractivity contribution in [2.45, 2.75) is 11.5 Å². The summed E-state index contributed by atoms with van der Waals surface area (Å²) in [5, 5.41) is 0. The van der Waals surface area contributed by atoms with Crippen molar-refractivity contribution in [3.8, 4) is 5.75 Å². The second-order valence-corrected chi connectivity index (χ2v) is 4.01. The summed E-state index contributed by atoms with van der Waals surface area (Å²) in [4.78, 5) is 0.515. The molecule has 0 amide bonds. The monoisotopic (exact) mass is 252 g/mol. The molecule has 1 nitrogen and oxygen atoms in total. The Labute approximate surface area is 103 Å². The van der Waals surface area contributed by atoms with Gasteiger partial charge in [-0.05, 0) is 24.3 Å². The predicted molar refractivity (Wildman–Crippen MR) is 64.4 cm³/mol. The highest BCUT2D eigenvalue weighted by Crippen LogP contribution is 2.21. The molecular weight excluding hydrogens is 242 g/mol. The molecule has 4 heteroatoms. The van der Waals surface area contributed by atoms with Crippen molar-refractivity contribution in [3.63, 3.8) is 0 Å². The van der Waals surface area contributed by atoms with E-state index in [0.717, 1.165) is 0 Å². The van der Waals surface area contributed by atoms with Crippen LogP contribution in [-0.2, 0) is 6.61 Å². The van der Waals surface area contributed by atoms with Gasteiger partial charge in [-0.25, -0.2) is 8.78 Å². The molecule has 0 heterocycles. The Morgan fingerprint density at radius 3 is 2.47 bits per heavy atom. The maximum atomic E-state index is 13.4. The van der Waals surface area contributed by atoms with Gasteiger partial charge >= 0.3 is 0 Å². The van der Waals surface area contributed by atoms with Crippen LogP contribution in [0.4, 0.5) is 8.78 Å². The number of hydrogen-bond donors (Lipinski definition) is 1. The highest BCUT2D eigenvalue weighted by Gasteiger charge is 2.06. The molecule has 2 aromatic rings. The SMILES string of the molecule is Fc1ccccc1COc1ccc(S)cc1F. The van der Waals surface area contributed by atoms with E-state index in [1.807, 2.05) is 0 Å². The topological polar surface area (TPSA) is 9.23 Å². The van der Waals surface area contributed by atoms with E-state index in [9.17, 15) is 8.78 Å². The van der Waals surface area contributed by atoms with E-state index in [-0.39, 0.29) is 18.2 Å². The second-order valence-electron chi connectivity index (χ2n) is 3.49. The van der Waals surface area contributed by atoms with E-state index < -0.39 is 5.82 Å². The molecule has 0 N–H and O–H groups in total.